The zero-order valence-electron chi connectivity index (χ0n) is 10.4. The number of hydrogen-bond acceptors (Lipinski definition) is 4. The summed E-state index contributed by atoms with van der Waals surface area (Å²) in [5, 5.41) is 14.6. The lowest BCUT2D eigenvalue weighted by molar-refractivity contribution is 0.512. The average Bonchev–Trinajstić information content (AvgIpc) is 2.76. The second-order valence-electron chi connectivity index (χ2n) is 4.23. The summed E-state index contributed by atoms with van der Waals surface area (Å²) >= 11 is 4.23. The molecule has 0 saturated heterocycles. The number of fused-ring (bicyclic) bond motifs is 1. The number of hydrogen-bond donors (Lipinski definition) is 1. The molecule has 1 aromatic carbocycles. The lowest BCUT2D eigenvalue weighted by atomic mass is 10.1. The zero-order chi connectivity index (χ0) is 13.1. The highest BCUT2D eigenvalue weighted by Gasteiger charge is 2.14. The van der Waals surface area contributed by atoms with Gasteiger partial charge in [0.2, 0.25) is 0 Å². The smallest absolute Gasteiger partial charge is 0.0701 e. The standard InChI is InChI=1S/C13H15N3S2/c1-3-12-11-8-10(18-17)4-5-13(11)16(15-12)9(2)6-7-14/h4-5,8-9,17H,3,6H2,1-2H3/t9-/m0/s1. The maximum atomic E-state index is 8.81. The van der Waals surface area contributed by atoms with Gasteiger partial charge in [-0.05, 0) is 31.5 Å². The summed E-state index contributed by atoms with van der Waals surface area (Å²) in [6.45, 7) is 4.12. The summed E-state index contributed by atoms with van der Waals surface area (Å²) in [6.07, 6.45) is 1.37. The number of rotatable bonds is 4. The van der Waals surface area contributed by atoms with Crippen LogP contribution in [0.3, 0.4) is 0 Å². The van der Waals surface area contributed by atoms with Gasteiger partial charge in [0.15, 0.2) is 0 Å². The Morgan fingerprint density at radius 2 is 2.33 bits per heavy atom. The van der Waals surface area contributed by atoms with E-state index in [-0.39, 0.29) is 6.04 Å². The SMILES string of the molecule is CCc1nn([C@@H](C)CC#N)c2ccc(SS)cc12. The minimum Gasteiger partial charge on any atom is -0.261 e. The third-order valence-corrected chi connectivity index (χ3v) is 4.10. The Labute approximate surface area is 116 Å². The molecular formula is C13H15N3S2. The second kappa shape index (κ2) is 5.68. The van der Waals surface area contributed by atoms with Gasteiger partial charge >= 0.3 is 0 Å². The molecule has 0 fully saturated rings. The molecule has 1 atom stereocenters. The number of aryl methyl sites for hydroxylation is 1. The molecule has 2 rings (SSSR count). The highest BCUT2D eigenvalue weighted by atomic mass is 33.1. The fourth-order valence-corrected chi connectivity index (χ4v) is 2.70. The van der Waals surface area contributed by atoms with Crippen molar-refractivity contribution in [3.63, 3.8) is 0 Å². The highest BCUT2D eigenvalue weighted by molar-refractivity contribution is 8.68. The van der Waals surface area contributed by atoms with E-state index in [2.05, 4.69) is 41.9 Å². The summed E-state index contributed by atoms with van der Waals surface area (Å²) < 4.78 is 1.96. The normalized spacial score (nSPS) is 12.6. The summed E-state index contributed by atoms with van der Waals surface area (Å²) in [6, 6.07) is 8.53. The van der Waals surface area contributed by atoms with Crippen LogP contribution in [-0.4, -0.2) is 9.78 Å². The van der Waals surface area contributed by atoms with Crippen LogP contribution in [0.4, 0.5) is 0 Å². The summed E-state index contributed by atoms with van der Waals surface area (Å²) in [5.41, 5.74) is 2.18. The first-order chi connectivity index (χ1) is 8.71. The number of nitrogens with zero attached hydrogens (tertiary/aromatic N) is 3. The van der Waals surface area contributed by atoms with Gasteiger partial charge in [-0.25, -0.2) is 0 Å². The number of thiol groups is 1. The van der Waals surface area contributed by atoms with Crippen LogP contribution >= 0.6 is 22.5 Å². The van der Waals surface area contributed by atoms with E-state index in [0.29, 0.717) is 6.42 Å². The van der Waals surface area contributed by atoms with Crippen LogP contribution in [0.15, 0.2) is 23.1 Å². The Kier molecular flexibility index (Phi) is 4.20. The molecule has 0 radical (unpaired) electrons. The Morgan fingerprint density at radius 3 is 2.94 bits per heavy atom. The van der Waals surface area contributed by atoms with Crippen molar-refractivity contribution in [3.8, 4) is 6.07 Å². The molecule has 0 aliphatic heterocycles. The summed E-state index contributed by atoms with van der Waals surface area (Å²) in [5.74, 6) is 0. The van der Waals surface area contributed by atoms with Gasteiger partial charge in [-0.2, -0.15) is 10.4 Å². The highest BCUT2D eigenvalue weighted by Crippen LogP contribution is 2.29. The van der Waals surface area contributed by atoms with E-state index >= 15 is 0 Å². The first kappa shape index (κ1) is 13.3. The van der Waals surface area contributed by atoms with Crippen LogP contribution in [0.25, 0.3) is 10.9 Å². The minimum atomic E-state index is 0.104. The van der Waals surface area contributed by atoms with Gasteiger partial charge in [-0.15, -0.1) is 11.7 Å². The van der Waals surface area contributed by atoms with Crippen LogP contribution < -0.4 is 0 Å². The van der Waals surface area contributed by atoms with E-state index in [1.807, 2.05) is 17.7 Å². The quantitative estimate of drug-likeness (QED) is 0.678. The molecule has 0 bridgehead atoms. The van der Waals surface area contributed by atoms with E-state index in [1.165, 1.54) is 16.2 Å². The van der Waals surface area contributed by atoms with Crippen molar-refractivity contribution in [1.82, 2.24) is 9.78 Å². The monoisotopic (exact) mass is 277 g/mol. The van der Waals surface area contributed by atoms with E-state index in [9.17, 15) is 0 Å². The van der Waals surface area contributed by atoms with E-state index < -0.39 is 0 Å². The Bertz CT molecular complexity index is 598. The van der Waals surface area contributed by atoms with Crippen LogP contribution in [0, 0.1) is 11.3 Å². The van der Waals surface area contributed by atoms with Gasteiger partial charge in [0.25, 0.3) is 0 Å². The molecule has 3 nitrogen and oxygen atoms in total. The zero-order valence-corrected chi connectivity index (χ0v) is 12.1. The largest absolute Gasteiger partial charge is 0.261 e. The van der Waals surface area contributed by atoms with Crippen molar-refractivity contribution in [2.24, 2.45) is 0 Å². The fourth-order valence-electron chi connectivity index (χ4n) is 2.06. The molecule has 0 aliphatic rings. The molecule has 0 amide bonds. The average molecular weight is 277 g/mol. The van der Waals surface area contributed by atoms with Crippen molar-refractivity contribution in [2.75, 3.05) is 0 Å². The molecule has 0 unspecified atom stereocenters. The van der Waals surface area contributed by atoms with Gasteiger partial charge in [-0.1, -0.05) is 17.7 Å². The minimum absolute atomic E-state index is 0.104. The molecule has 0 saturated carbocycles. The third kappa shape index (κ3) is 2.36. The molecule has 5 heteroatoms. The maximum absolute atomic E-state index is 8.81. The predicted molar refractivity (Wildman–Crippen MR) is 78.9 cm³/mol. The summed E-state index contributed by atoms with van der Waals surface area (Å²) in [4.78, 5) is 1.12. The molecular weight excluding hydrogens is 262 g/mol. The Morgan fingerprint density at radius 1 is 1.56 bits per heavy atom. The molecule has 94 valence electrons. The lowest BCUT2D eigenvalue weighted by Gasteiger charge is -2.09. The van der Waals surface area contributed by atoms with Gasteiger partial charge in [0, 0.05) is 10.3 Å². The predicted octanol–water partition coefficient (Wildman–Crippen LogP) is 4.01. The molecule has 0 aliphatic carbocycles. The molecule has 1 heterocycles. The van der Waals surface area contributed by atoms with Crippen LogP contribution in [0.2, 0.25) is 0 Å². The first-order valence-corrected chi connectivity index (χ1v) is 7.77. The number of aromatic nitrogens is 2. The van der Waals surface area contributed by atoms with Gasteiger partial charge in [0.1, 0.15) is 0 Å². The molecule has 2 aromatic rings. The van der Waals surface area contributed by atoms with Crippen LogP contribution in [-0.2, 0) is 6.42 Å². The topological polar surface area (TPSA) is 41.6 Å². The van der Waals surface area contributed by atoms with Crippen molar-refractivity contribution in [3.05, 3.63) is 23.9 Å². The Hall–Kier alpha value is -1.12. The number of nitriles is 1. The summed E-state index contributed by atoms with van der Waals surface area (Å²) in [7, 11) is 1.44. The van der Waals surface area contributed by atoms with Crippen LogP contribution in [0.1, 0.15) is 32.0 Å². The molecule has 0 spiro atoms. The van der Waals surface area contributed by atoms with Crippen LogP contribution in [0.5, 0.6) is 0 Å². The Balaban J connectivity index is 2.59. The van der Waals surface area contributed by atoms with Crippen molar-refractivity contribution in [1.29, 1.82) is 5.26 Å². The number of benzene rings is 1. The van der Waals surface area contributed by atoms with Gasteiger partial charge < -0.3 is 0 Å². The van der Waals surface area contributed by atoms with E-state index in [0.717, 1.165) is 22.5 Å². The van der Waals surface area contributed by atoms with Crippen molar-refractivity contribution < 1.29 is 0 Å². The van der Waals surface area contributed by atoms with Gasteiger partial charge in [0.05, 0.1) is 29.7 Å². The molecule has 18 heavy (non-hydrogen) atoms. The van der Waals surface area contributed by atoms with Gasteiger partial charge in [-0.3, -0.25) is 4.68 Å². The molecule has 1 aromatic heterocycles. The van der Waals surface area contributed by atoms with E-state index in [4.69, 9.17) is 5.26 Å². The maximum Gasteiger partial charge on any atom is 0.0701 e. The third-order valence-electron chi connectivity index (χ3n) is 3.00. The van der Waals surface area contributed by atoms with E-state index in [1.54, 1.807) is 0 Å². The van der Waals surface area contributed by atoms with Crippen molar-refractivity contribution in [2.45, 2.75) is 37.6 Å². The molecule has 0 N–H and O–H groups in total. The van der Waals surface area contributed by atoms with Crippen molar-refractivity contribution >= 4 is 33.4 Å². The lowest BCUT2D eigenvalue weighted by Crippen LogP contribution is -2.06. The second-order valence-corrected chi connectivity index (χ2v) is 5.43. The fraction of sp³-hybridized carbons (Fsp3) is 0.385. The first-order valence-electron chi connectivity index (χ1n) is 5.90.